The van der Waals surface area contributed by atoms with Gasteiger partial charge in [0.2, 0.25) is 0 Å². The summed E-state index contributed by atoms with van der Waals surface area (Å²) in [5, 5.41) is 0. The molecule has 3 aliphatic carbocycles. The molecular weight excluding hydrogens is 348 g/mol. The van der Waals surface area contributed by atoms with Crippen LogP contribution in [0.3, 0.4) is 0 Å². The third-order valence-corrected chi connectivity index (χ3v) is 8.58. The van der Waals surface area contributed by atoms with Gasteiger partial charge in [-0.3, -0.25) is 0 Å². The molecule has 0 amide bonds. The second kappa shape index (κ2) is 10.1. The number of fused-ring (bicyclic) bond motifs is 2. The van der Waals surface area contributed by atoms with Gasteiger partial charge in [-0.05, 0) is 130 Å². The molecular formula is C29H42. The average Bonchev–Trinajstić information content (AvgIpc) is 2.77. The minimum Gasteiger partial charge on any atom is -0.103 e. The van der Waals surface area contributed by atoms with Crippen LogP contribution in [-0.2, 0) is 19.3 Å². The van der Waals surface area contributed by atoms with E-state index in [0.717, 1.165) is 42.4 Å². The van der Waals surface area contributed by atoms with Gasteiger partial charge in [0.1, 0.15) is 0 Å². The van der Waals surface area contributed by atoms with Crippen molar-refractivity contribution >= 4 is 0 Å². The van der Waals surface area contributed by atoms with E-state index < -0.39 is 0 Å². The molecule has 0 heterocycles. The minimum atomic E-state index is 0.954. The standard InChI is InChI=1S/C29H42/c1-3-5-7-9-23-11-13-27-21-29(17-15-25(27)19-23)28-16-14-24-18-22(8-6-4-2)10-12-26(24)20-28/h3-5,10,12,18,23,25,27-29H,2,6-9,11,13-17,19-21H2,1H3/b5-3+. The van der Waals surface area contributed by atoms with Crippen molar-refractivity contribution in [2.45, 2.75) is 90.4 Å². The van der Waals surface area contributed by atoms with Crippen molar-refractivity contribution < 1.29 is 0 Å². The smallest absolute Gasteiger partial charge is 0.0244 e. The Bertz CT molecular complexity index is 696. The van der Waals surface area contributed by atoms with Crippen molar-refractivity contribution in [1.82, 2.24) is 0 Å². The second-order valence-electron chi connectivity index (χ2n) is 10.4. The van der Waals surface area contributed by atoms with Gasteiger partial charge in [-0.15, -0.1) is 6.58 Å². The Kier molecular flexibility index (Phi) is 7.33. The van der Waals surface area contributed by atoms with Crippen LogP contribution in [-0.4, -0.2) is 0 Å². The molecule has 158 valence electrons. The molecule has 2 saturated carbocycles. The molecule has 29 heavy (non-hydrogen) atoms. The van der Waals surface area contributed by atoms with Gasteiger partial charge in [0, 0.05) is 0 Å². The fraction of sp³-hybridized carbons (Fsp3) is 0.655. The molecule has 0 aromatic heterocycles. The van der Waals surface area contributed by atoms with Crippen LogP contribution in [0.1, 0.15) is 87.8 Å². The summed E-state index contributed by atoms with van der Waals surface area (Å²) in [6.07, 6.45) is 24.9. The van der Waals surface area contributed by atoms with Crippen LogP contribution < -0.4 is 0 Å². The number of benzene rings is 1. The van der Waals surface area contributed by atoms with E-state index in [0.29, 0.717) is 0 Å². The maximum Gasteiger partial charge on any atom is -0.0244 e. The second-order valence-corrected chi connectivity index (χ2v) is 10.4. The molecule has 0 N–H and O–H groups in total. The number of aryl methyl sites for hydroxylation is 2. The number of allylic oxidation sites excluding steroid dienone is 3. The lowest BCUT2D eigenvalue weighted by molar-refractivity contribution is 0.0699. The molecule has 4 rings (SSSR count). The first-order valence-corrected chi connectivity index (χ1v) is 12.6. The molecule has 5 atom stereocenters. The van der Waals surface area contributed by atoms with Gasteiger partial charge >= 0.3 is 0 Å². The van der Waals surface area contributed by atoms with Crippen molar-refractivity contribution in [3.63, 3.8) is 0 Å². The Balaban J connectivity index is 1.30. The maximum absolute atomic E-state index is 3.87. The SMILES string of the molecule is C=CCCc1ccc2c(c1)CCC(C1CCC3CC(CC/C=C/C)CCC3C1)C2. The van der Waals surface area contributed by atoms with Crippen molar-refractivity contribution in [3.8, 4) is 0 Å². The van der Waals surface area contributed by atoms with E-state index in [1.165, 1.54) is 69.8 Å². The molecule has 0 bridgehead atoms. The highest BCUT2D eigenvalue weighted by Gasteiger charge is 2.38. The van der Waals surface area contributed by atoms with E-state index in [1.54, 1.807) is 17.5 Å². The summed E-state index contributed by atoms with van der Waals surface area (Å²) in [4.78, 5) is 0. The molecule has 5 unspecified atom stereocenters. The van der Waals surface area contributed by atoms with Crippen LogP contribution in [0.15, 0.2) is 43.0 Å². The Hall–Kier alpha value is -1.30. The van der Waals surface area contributed by atoms with Gasteiger partial charge in [0.05, 0.1) is 0 Å². The van der Waals surface area contributed by atoms with Crippen LogP contribution in [0.2, 0.25) is 0 Å². The van der Waals surface area contributed by atoms with Gasteiger partial charge in [-0.2, -0.15) is 0 Å². The van der Waals surface area contributed by atoms with E-state index in [1.807, 2.05) is 6.08 Å². The molecule has 3 aliphatic rings. The van der Waals surface area contributed by atoms with E-state index >= 15 is 0 Å². The van der Waals surface area contributed by atoms with E-state index in [-0.39, 0.29) is 0 Å². The highest BCUT2D eigenvalue weighted by atomic mass is 14.4. The van der Waals surface area contributed by atoms with E-state index in [2.05, 4.69) is 43.9 Å². The quantitative estimate of drug-likeness (QED) is 0.412. The first-order valence-electron chi connectivity index (χ1n) is 12.6. The summed E-state index contributed by atoms with van der Waals surface area (Å²) in [5.41, 5.74) is 4.82. The zero-order valence-corrected chi connectivity index (χ0v) is 18.8. The lowest BCUT2D eigenvalue weighted by Gasteiger charge is -2.45. The number of hydrogen-bond donors (Lipinski definition) is 0. The third kappa shape index (κ3) is 5.25. The Morgan fingerprint density at radius 1 is 0.897 bits per heavy atom. The molecule has 0 saturated heterocycles. The summed E-state index contributed by atoms with van der Waals surface area (Å²) >= 11 is 0. The number of hydrogen-bond acceptors (Lipinski definition) is 0. The Labute approximate surface area is 179 Å². The van der Waals surface area contributed by atoms with Gasteiger partial charge in [-0.25, -0.2) is 0 Å². The summed E-state index contributed by atoms with van der Waals surface area (Å²) in [5.74, 6) is 5.08. The minimum absolute atomic E-state index is 0.954. The van der Waals surface area contributed by atoms with Gasteiger partial charge in [-0.1, -0.05) is 42.8 Å². The fourth-order valence-electron chi connectivity index (χ4n) is 6.87. The fourth-order valence-corrected chi connectivity index (χ4v) is 6.87. The van der Waals surface area contributed by atoms with Crippen molar-refractivity contribution in [2.75, 3.05) is 0 Å². The van der Waals surface area contributed by atoms with Crippen molar-refractivity contribution in [1.29, 1.82) is 0 Å². The van der Waals surface area contributed by atoms with E-state index in [9.17, 15) is 0 Å². The maximum atomic E-state index is 3.87. The topological polar surface area (TPSA) is 0 Å². The first-order chi connectivity index (χ1) is 14.3. The zero-order valence-electron chi connectivity index (χ0n) is 18.8. The van der Waals surface area contributed by atoms with Gasteiger partial charge in [0.15, 0.2) is 0 Å². The highest BCUT2D eigenvalue weighted by Crippen LogP contribution is 2.49. The summed E-state index contributed by atoms with van der Waals surface area (Å²) < 4.78 is 0. The first kappa shape index (κ1) is 21.0. The molecule has 0 heteroatoms. The molecule has 0 aliphatic heterocycles. The van der Waals surface area contributed by atoms with Crippen LogP contribution in [0.5, 0.6) is 0 Å². The monoisotopic (exact) mass is 390 g/mol. The Morgan fingerprint density at radius 3 is 2.52 bits per heavy atom. The van der Waals surface area contributed by atoms with Crippen LogP contribution in [0.25, 0.3) is 0 Å². The molecule has 0 radical (unpaired) electrons. The number of rotatable bonds is 7. The van der Waals surface area contributed by atoms with Gasteiger partial charge < -0.3 is 0 Å². The lowest BCUT2D eigenvalue weighted by Crippen LogP contribution is -2.35. The summed E-state index contributed by atoms with van der Waals surface area (Å²) in [7, 11) is 0. The molecule has 1 aromatic carbocycles. The summed E-state index contributed by atoms with van der Waals surface area (Å²) in [6, 6.07) is 7.35. The Morgan fingerprint density at radius 2 is 1.69 bits per heavy atom. The third-order valence-electron chi connectivity index (χ3n) is 8.58. The summed E-state index contributed by atoms with van der Waals surface area (Å²) in [6.45, 7) is 6.03. The lowest BCUT2D eigenvalue weighted by atomic mass is 9.61. The molecule has 0 spiro atoms. The average molecular weight is 391 g/mol. The van der Waals surface area contributed by atoms with Crippen molar-refractivity contribution in [3.05, 3.63) is 59.7 Å². The van der Waals surface area contributed by atoms with Crippen LogP contribution >= 0.6 is 0 Å². The van der Waals surface area contributed by atoms with Crippen LogP contribution in [0, 0.1) is 29.6 Å². The highest BCUT2D eigenvalue weighted by molar-refractivity contribution is 5.34. The molecule has 0 nitrogen and oxygen atoms in total. The molecule has 2 fully saturated rings. The zero-order chi connectivity index (χ0) is 20.1. The molecule has 1 aromatic rings. The van der Waals surface area contributed by atoms with Crippen molar-refractivity contribution in [2.24, 2.45) is 29.6 Å². The van der Waals surface area contributed by atoms with Gasteiger partial charge in [0.25, 0.3) is 0 Å². The largest absolute Gasteiger partial charge is 0.103 e. The normalized spacial score (nSPS) is 32.0. The predicted octanol–water partition coefficient (Wildman–Crippen LogP) is 8.10. The van der Waals surface area contributed by atoms with E-state index in [4.69, 9.17) is 0 Å². The predicted molar refractivity (Wildman–Crippen MR) is 126 cm³/mol. The van der Waals surface area contributed by atoms with Crippen LogP contribution in [0.4, 0.5) is 0 Å².